The molecule has 4 nitrogen and oxygen atoms in total. The zero-order valence-electron chi connectivity index (χ0n) is 9.36. The Bertz CT molecular complexity index is 444. The SMILES string of the molecule is COC(CC(=O)O)(c1ccccc1O)C(F)(F)F. The molecule has 0 bridgehead atoms. The Hall–Kier alpha value is -1.76. The lowest BCUT2D eigenvalue weighted by Crippen LogP contribution is -2.45. The topological polar surface area (TPSA) is 66.8 Å². The van der Waals surface area contributed by atoms with Crippen LogP contribution in [0.5, 0.6) is 5.75 Å². The van der Waals surface area contributed by atoms with Crippen molar-refractivity contribution in [1.82, 2.24) is 0 Å². The van der Waals surface area contributed by atoms with E-state index in [1.54, 1.807) is 0 Å². The van der Waals surface area contributed by atoms with E-state index in [0.717, 1.165) is 19.2 Å². The van der Waals surface area contributed by atoms with E-state index in [-0.39, 0.29) is 0 Å². The van der Waals surface area contributed by atoms with Crippen molar-refractivity contribution in [2.24, 2.45) is 0 Å². The Morgan fingerprint density at radius 1 is 1.33 bits per heavy atom. The number of phenolic OH excluding ortho intramolecular Hbond substituents is 1. The molecule has 0 amide bonds. The van der Waals surface area contributed by atoms with Crippen LogP contribution in [0.2, 0.25) is 0 Å². The zero-order valence-corrected chi connectivity index (χ0v) is 9.36. The summed E-state index contributed by atoms with van der Waals surface area (Å²) in [5.74, 6) is -2.35. The summed E-state index contributed by atoms with van der Waals surface area (Å²) in [6.07, 6.45) is -6.30. The number of phenols is 1. The second-order valence-electron chi connectivity index (χ2n) is 3.62. The molecular weight excluding hydrogens is 253 g/mol. The minimum atomic E-state index is -4.97. The number of para-hydroxylation sites is 1. The summed E-state index contributed by atoms with van der Waals surface area (Å²) < 4.78 is 43.7. The number of ether oxygens (including phenoxy) is 1. The molecule has 100 valence electrons. The van der Waals surface area contributed by atoms with Crippen LogP contribution in [0.4, 0.5) is 13.2 Å². The summed E-state index contributed by atoms with van der Waals surface area (Å²) in [5.41, 5.74) is -3.69. The summed E-state index contributed by atoms with van der Waals surface area (Å²) in [6.45, 7) is 0. The van der Waals surface area contributed by atoms with E-state index in [4.69, 9.17) is 5.11 Å². The fraction of sp³-hybridized carbons (Fsp3) is 0.364. The predicted octanol–water partition coefficient (Wildman–Crippen LogP) is 2.27. The molecule has 1 aromatic carbocycles. The monoisotopic (exact) mass is 264 g/mol. The normalized spacial score (nSPS) is 15.1. The lowest BCUT2D eigenvalue weighted by molar-refractivity contribution is -0.279. The smallest absolute Gasteiger partial charge is 0.422 e. The summed E-state index contributed by atoms with van der Waals surface area (Å²) in [4.78, 5) is 10.6. The Balaban J connectivity index is 3.45. The Morgan fingerprint density at radius 2 is 1.89 bits per heavy atom. The summed E-state index contributed by atoms with van der Waals surface area (Å²) >= 11 is 0. The van der Waals surface area contributed by atoms with Crippen LogP contribution in [0.25, 0.3) is 0 Å². The number of benzene rings is 1. The minimum Gasteiger partial charge on any atom is -0.508 e. The average molecular weight is 264 g/mol. The van der Waals surface area contributed by atoms with Gasteiger partial charge in [0.05, 0.1) is 6.42 Å². The maximum atomic E-state index is 13.1. The Kier molecular flexibility index (Phi) is 3.85. The van der Waals surface area contributed by atoms with Gasteiger partial charge in [-0.05, 0) is 6.07 Å². The standard InChI is InChI=1S/C11H11F3O4/c1-18-10(6-9(16)17,11(12,13)14)7-4-2-3-5-8(7)15/h2-5,15H,6H2,1H3,(H,16,17). The highest BCUT2D eigenvalue weighted by atomic mass is 19.4. The first-order chi connectivity index (χ1) is 8.24. The van der Waals surface area contributed by atoms with Crippen LogP contribution in [0.15, 0.2) is 24.3 Å². The van der Waals surface area contributed by atoms with Crippen molar-refractivity contribution in [2.75, 3.05) is 7.11 Å². The number of halogens is 3. The van der Waals surface area contributed by atoms with E-state index >= 15 is 0 Å². The Labute approximate surface area is 101 Å². The molecule has 1 atom stereocenters. The molecule has 1 rings (SSSR count). The number of hydrogen-bond acceptors (Lipinski definition) is 3. The predicted molar refractivity (Wildman–Crippen MR) is 55.1 cm³/mol. The minimum absolute atomic E-state index is 0.623. The Morgan fingerprint density at radius 3 is 2.28 bits per heavy atom. The largest absolute Gasteiger partial charge is 0.508 e. The van der Waals surface area contributed by atoms with Crippen LogP contribution in [-0.4, -0.2) is 29.5 Å². The van der Waals surface area contributed by atoms with Gasteiger partial charge in [-0.3, -0.25) is 4.79 Å². The first-order valence-electron chi connectivity index (χ1n) is 4.87. The molecule has 0 fully saturated rings. The summed E-state index contributed by atoms with van der Waals surface area (Å²) in [6, 6.07) is 4.61. The van der Waals surface area contributed by atoms with Gasteiger partial charge in [0, 0.05) is 12.7 Å². The highest BCUT2D eigenvalue weighted by Gasteiger charge is 2.59. The average Bonchev–Trinajstić information content (AvgIpc) is 2.25. The van der Waals surface area contributed by atoms with Gasteiger partial charge in [-0.1, -0.05) is 18.2 Å². The van der Waals surface area contributed by atoms with Gasteiger partial charge in [0.25, 0.3) is 0 Å². The number of rotatable bonds is 4. The number of alkyl halides is 3. The third-order valence-electron chi connectivity index (χ3n) is 2.55. The van der Waals surface area contributed by atoms with Crippen molar-refractivity contribution in [3.8, 4) is 5.75 Å². The number of methoxy groups -OCH3 is 1. The molecule has 0 aliphatic carbocycles. The van der Waals surface area contributed by atoms with Crippen LogP contribution in [0.3, 0.4) is 0 Å². The molecule has 0 heterocycles. The van der Waals surface area contributed by atoms with Crippen LogP contribution in [0.1, 0.15) is 12.0 Å². The first-order valence-corrected chi connectivity index (χ1v) is 4.87. The fourth-order valence-corrected chi connectivity index (χ4v) is 1.67. The van der Waals surface area contributed by atoms with Crippen LogP contribution < -0.4 is 0 Å². The summed E-state index contributed by atoms with van der Waals surface area (Å²) in [5, 5.41) is 18.1. The molecule has 2 N–H and O–H groups in total. The summed E-state index contributed by atoms with van der Waals surface area (Å²) in [7, 11) is 0.753. The van der Waals surface area contributed by atoms with Gasteiger partial charge < -0.3 is 14.9 Å². The molecule has 0 aliphatic heterocycles. The van der Waals surface area contributed by atoms with Gasteiger partial charge in [-0.15, -0.1) is 0 Å². The lowest BCUT2D eigenvalue weighted by atomic mass is 9.88. The number of hydrogen-bond donors (Lipinski definition) is 2. The molecule has 0 saturated carbocycles. The highest BCUT2D eigenvalue weighted by Crippen LogP contribution is 2.47. The molecule has 0 radical (unpaired) electrons. The van der Waals surface area contributed by atoms with Crippen molar-refractivity contribution in [2.45, 2.75) is 18.2 Å². The molecule has 18 heavy (non-hydrogen) atoms. The van der Waals surface area contributed by atoms with E-state index in [1.807, 2.05) is 0 Å². The number of carbonyl (C=O) groups is 1. The first kappa shape index (κ1) is 14.3. The maximum absolute atomic E-state index is 13.1. The maximum Gasteiger partial charge on any atom is 0.422 e. The second-order valence-corrected chi connectivity index (χ2v) is 3.62. The van der Waals surface area contributed by atoms with Crippen LogP contribution in [0, 0.1) is 0 Å². The lowest BCUT2D eigenvalue weighted by Gasteiger charge is -2.33. The second kappa shape index (κ2) is 4.85. The number of carboxylic acid groups (broad SMARTS) is 1. The molecule has 0 saturated heterocycles. The van der Waals surface area contributed by atoms with E-state index < -0.39 is 35.5 Å². The van der Waals surface area contributed by atoms with E-state index in [1.165, 1.54) is 12.1 Å². The van der Waals surface area contributed by atoms with Crippen molar-refractivity contribution >= 4 is 5.97 Å². The van der Waals surface area contributed by atoms with Gasteiger partial charge in [0.1, 0.15) is 5.75 Å². The van der Waals surface area contributed by atoms with Crippen molar-refractivity contribution in [3.63, 3.8) is 0 Å². The van der Waals surface area contributed by atoms with Gasteiger partial charge in [0.15, 0.2) is 0 Å². The van der Waals surface area contributed by atoms with Crippen LogP contribution >= 0.6 is 0 Å². The molecule has 0 spiro atoms. The third kappa shape index (κ3) is 2.40. The van der Waals surface area contributed by atoms with Gasteiger partial charge in [0.2, 0.25) is 5.60 Å². The van der Waals surface area contributed by atoms with E-state index in [0.29, 0.717) is 0 Å². The molecular formula is C11H11F3O4. The highest BCUT2D eigenvalue weighted by molar-refractivity contribution is 5.69. The number of aromatic hydroxyl groups is 1. The molecule has 1 aromatic rings. The molecule has 7 heteroatoms. The zero-order chi connectivity index (χ0) is 14.0. The molecule has 0 aromatic heterocycles. The van der Waals surface area contributed by atoms with Gasteiger partial charge in [-0.2, -0.15) is 13.2 Å². The number of carboxylic acids is 1. The fourth-order valence-electron chi connectivity index (χ4n) is 1.67. The number of aliphatic carboxylic acids is 1. The van der Waals surface area contributed by atoms with Crippen molar-refractivity contribution in [3.05, 3.63) is 29.8 Å². The molecule has 0 aliphatic rings. The third-order valence-corrected chi connectivity index (χ3v) is 2.55. The quantitative estimate of drug-likeness (QED) is 0.875. The van der Waals surface area contributed by atoms with Crippen molar-refractivity contribution < 1.29 is 32.9 Å². The van der Waals surface area contributed by atoms with E-state index in [9.17, 15) is 23.1 Å². The van der Waals surface area contributed by atoms with Crippen LogP contribution in [-0.2, 0) is 15.1 Å². The molecule has 1 unspecified atom stereocenters. The van der Waals surface area contributed by atoms with E-state index in [2.05, 4.69) is 4.74 Å². The van der Waals surface area contributed by atoms with Crippen molar-refractivity contribution in [1.29, 1.82) is 0 Å². The van der Waals surface area contributed by atoms with Gasteiger partial charge >= 0.3 is 12.1 Å². The van der Waals surface area contributed by atoms with Gasteiger partial charge in [-0.25, -0.2) is 0 Å².